The Balaban J connectivity index is 0.00000243. The highest BCUT2D eigenvalue weighted by molar-refractivity contribution is 5.85. The molecular formula is C19H27ClN2O4. The van der Waals surface area contributed by atoms with E-state index in [9.17, 15) is 14.7 Å². The summed E-state index contributed by atoms with van der Waals surface area (Å²) in [6.45, 7) is 2.77. The third kappa shape index (κ3) is 4.75. The minimum atomic E-state index is -0.838. The first-order valence-corrected chi connectivity index (χ1v) is 8.98. The van der Waals surface area contributed by atoms with E-state index < -0.39 is 12.0 Å². The van der Waals surface area contributed by atoms with E-state index in [0.29, 0.717) is 32.7 Å². The first-order chi connectivity index (χ1) is 12.1. The smallest absolute Gasteiger partial charge is 0.320 e. The summed E-state index contributed by atoms with van der Waals surface area (Å²) in [6, 6.07) is 9.73. The van der Waals surface area contributed by atoms with Gasteiger partial charge in [0.25, 0.3) is 0 Å². The number of nitrogens with zero attached hydrogens (tertiary/aromatic N) is 1. The molecule has 1 aromatic carbocycles. The van der Waals surface area contributed by atoms with Gasteiger partial charge in [-0.2, -0.15) is 0 Å². The highest BCUT2D eigenvalue weighted by Crippen LogP contribution is 2.34. The molecule has 0 saturated carbocycles. The second-order valence-electron chi connectivity index (χ2n) is 7.00. The van der Waals surface area contributed by atoms with Crippen LogP contribution in [0.5, 0.6) is 0 Å². The molecule has 0 aliphatic carbocycles. The van der Waals surface area contributed by atoms with Crippen LogP contribution in [-0.2, 0) is 19.7 Å². The Bertz CT molecular complexity index is 605. The number of hydrogen-bond donors (Lipinski definition) is 2. The highest BCUT2D eigenvalue weighted by Gasteiger charge is 2.36. The Morgan fingerprint density at radius 2 is 1.92 bits per heavy atom. The summed E-state index contributed by atoms with van der Waals surface area (Å²) >= 11 is 0. The van der Waals surface area contributed by atoms with Crippen LogP contribution >= 0.6 is 12.4 Å². The third-order valence-electron chi connectivity index (χ3n) is 5.46. The van der Waals surface area contributed by atoms with Crippen molar-refractivity contribution in [3.63, 3.8) is 0 Å². The summed E-state index contributed by atoms with van der Waals surface area (Å²) < 4.78 is 5.51. The second-order valence-corrected chi connectivity index (χ2v) is 7.00. The van der Waals surface area contributed by atoms with E-state index >= 15 is 0 Å². The number of carboxylic acids is 1. The Morgan fingerprint density at radius 3 is 2.58 bits per heavy atom. The first kappa shape index (κ1) is 20.7. The van der Waals surface area contributed by atoms with Crippen molar-refractivity contribution in [1.82, 2.24) is 10.2 Å². The predicted octanol–water partition coefficient (Wildman–Crippen LogP) is 1.82. The van der Waals surface area contributed by atoms with Gasteiger partial charge in [-0.3, -0.25) is 14.5 Å². The molecule has 1 amide bonds. The van der Waals surface area contributed by atoms with E-state index in [-0.39, 0.29) is 30.3 Å². The molecular weight excluding hydrogens is 356 g/mol. The monoisotopic (exact) mass is 382 g/mol. The number of nitrogens with one attached hydrogen (secondary N) is 1. The van der Waals surface area contributed by atoms with Crippen LogP contribution in [0.4, 0.5) is 0 Å². The van der Waals surface area contributed by atoms with Gasteiger partial charge in [-0.1, -0.05) is 30.3 Å². The molecule has 0 aromatic heterocycles. The van der Waals surface area contributed by atoms with Crippen LogP contribution in [0.1, 0.15) is 31.2 Å². The molecule has 2 fully saturated rings. The molecule has 2 heterocycles. The van der Waals surface area contributed by atoms with Crippen molar-refractivity contribution in [2.75, 3.05) is 32.8 Å². The number of hydrogen-bond acceptors (Lipinski definition) is 4. The van der Waals surface area contributed by atoms with Crippen molar-refractivity contribution in [2.24, 2.45) is 0 Å². The lowest BCUT2D eigenvalue weighted by Crippen LogP contribution is -2.48. The van der Waals surface area contributed by atoms with Crippen LogP contribution in [0.2, 0.25) is 0 Å². The van der Waals surface area contributed by atoms with E-state index in [2.05, 4.69) is 17.4 Å². The van der Waals surface area contributed by atoms with Gasteiger partial charge >= 0.3 is 5.97 Å². The Labute approximate surface area is 160 Å². The summed E-state index contributed by atoms with van der Waals surface area (Å²) in [6.07, 6.45) is 3.20. The van der Waals surface area contributed by atoms with Crippen LogP contribution in [0.25, 0.3) is 0 Å². The van der Waals surface area contributed by atoms with Crippen LogP contribution in [0.15, 0.2) is 30.3 Å². The second kappa shape index (κ2) is 9.35. The summed E-state index contributed by atoms with van der Waals surface area (Å²) in [5.74, 6) is -0.939. The summed E-state index contributed by atoms with van der Waals surface area (Å²) in [5, 5.41) is 12.3. The van der Waals surface area contributed by atoms with Crippen molar-refractivity contribution in [2.45, 2.75) is 37.1 Å². The quantitative estimate of drug-likeness (QED) is 0.784. The zero-order valence-corrected chi connectivity index (χ0v) is 15.7. The lowest BCUT2D eigenvalue weighted by Gasteiger charge is -2.38. The first-order valence-electron chi connectivity index (χ1n) is 8.98. The summed E-state index contributed by atoms with van der Waals surface area (Å²) in [5.41, 5.74) is 1.12. The van der Waals surface area contributed by atoms with Gasteiger partial charge in [0.15, 0.2) is 0 Å². The van der Waals surface area contributed by atoms with Gasteiger partial charge in [0, 0.05) is 25.2 Å². The number of ether oxygens (including phenoxy) is 1. The topological polar surface area (TPSA) is 78.9 Å². The fraction of sp³-hybridized carbons (Fsp3) is 0.579. The van der Waals surface area contributed by atoms with E-state index in [4.69, 9.17) is 4.74 Å². The molecule has 0 bridgehead atoms. The Kier molecular flexibility index (Phi) is 7.43. The van der Waals surface area contributed by atoms with Crippen LogP contribution in [0, 0.1) is 0 Å². The number of halogens is 1. The zero-order valence-electron chi connectivity index (χ0n) is 14.9. The lowest BCUT2D eigenvalue weighted by atomic mass is 9.74. The zero-order chi connectivity index (χ0) is 17.7. The fourth-order valence-electron chi connectivity index (χ4n) is 3.92. The molecule has 1 unspecified atom stereocenters. The number of carbonyl (C=O) groups excluding carboxylic acids is 1. The number of aliphatic carboxylic acids is 1. The molecule has 7 heteroatoms. The molecule has 2 aliphatic rings. The third-order valence-corrected chi connectivity index (χ3v) is 5.46. The van der Waals surface area contributed by atoms with Crippen molar-refractivity contribution in [3.8, 4) is 0 Å². The van der Waals surface area contributed by atoms with Gasteiger partial charge in [0.2, 0.25) is 5.91 Å². The average molecular weight is 383 g/mol. The number of amides is 1. The summed E-state index contributed by atoms with van der Waals surface area (Å²) in [7, 11) is 0. The molecule has 1 aromatic rings. The Morgan fingerprint density at radius 1 is 1.23 bits per heavy atom. The molecule has 2 aliphatic heterocycles. The molecule has 0 spiro atoms. The van der Waals surface area contributed by atoms with Gasteiger partial charge in [-0.25, -0.2) is 0 Å². The van der Waals surface area contributed by atoms with Crippen LogP contribution in [-0.4, -0.2) is 60.8 Å². The fourth-order valence-corrected chi connectivity index (χ4v) is 3.92. The van der Waals surface area contributed by atoms with Crippen LogP contribution < -0.4 is 5.32 Å². The maximum absolute atomic E-state index is 12.4. The molecule has 0 radical (unpaired) electrons. The molecule has 3 rings (SSSR count). The van der Waals surface area contributed by atoms with Gasteiger partial charge < -0.3 is 15.2 Å². The number of carbonyl (C=O) groups is 2. The van der Waals surface area contributed by atoms with Gasteiger partial charge in [-0.05, 0) is 37.8 Å². The molecule has 2 saturated heterocycles. The van der Waals surface area contributed by atoms with Gasteiger partial charge in [0.05, 0.1) is 6.54 Å². The highest BCUT2D eigenvalue weighted by atomic mass is 35.5. The molecule has 6 nitrogen and oxygen atoms in total. The molecule has 2 N–H and O–H groups in total. The molecule has 1 atom stereocenters. The predicted molar refractivity (Wildman–Crippen MR) is 101 cm³/mol. The van der Waals surface area contributed by atoms with Crippen molar-refractivity contribution >= 4 is 24.3 Å². The molecule has 144 valence electrons. The summed E-state index contributed by atoms with van der Waals surface area (Å²) in [4.78, 5) is 25.4. The number of carboxylic acid groups (broad SMARTS) is 1. The van der Waals surface area contributed by atoms with Crippen LogP contribution in [0.3, 0.4) is 0 Å². The largest absolute Gasteiger partial charge is 0.480 e. The van der Waals surface area contributed by atoms with Gasteiger partial charge in [0.1, 0.15) is 6.04 Å². The van der Waals surface area contributed by atoms with Crippen molar-refractivity contribution < 1.29 is 19.4 Å². The van der Waals surface area contributed by atoms with E-state index in [1.165, 1.54) is 5.56 Å². The maximum Gasteiger partial charge on any atom is 0.320 e. The van der Waals surface area contributed by atoms with E-state index in [1.54, 1.807) is 4.90 Å². The number of rotatable bonds is 6. The minimum Gasteiger partial charge on any atom is -0.480 e. The van der Waals surface area contributed by atoms with E-state index in [0.717, 1.165) is 19.3 Å². The SMILES string of the molecule is Cl.O=C(CN1CCCC1C(=O)O)NCC1(c2ccccc2)CCOCC1. The van der Waals surface area contributed by atoms with Crippen molar-refractivity contribution in [1.29, 1.82) is 0 Å². The van der Waals surface area contributed by atoms with E-state index in [1.807, 2.05) is 18.2 Å². The number of likely N-dealkylation sites (tertiary alicyclic amines) is 1. The maximum atomic E-state index is 12.4. The molecule has 26 heavy (non-hydrogen) atoms. The van der Waals surface area contributed by atoms with Gasteiger partial charge in [-0.15, -0.1) is 12.4 Å². The minimum absolute atomic E-state index is 0. The lowest BCUT2D eigenvalue weighted by molar-refractivity contribution is -0.142. The average Bonchev–Trinajstić information content (AvgIpc) is 3.10. The number of benzene rings is 1. The Hall–Kier alpha value is -1.63. The normalized spacial score (nSPS) is 22.4. The standard InChI is InChI=1S/C19H26N2O4.ClH/c22-17(13-21-10-4-7-16(21)18(23)24)20-14-19(8-11-25-12-9-19)15-5-2-1-3-6-15;/h1-3,5-6,16H,4,7-14H2,(H,20,22)(H,23,24);1H. The van der Waals surface area contributed by atoms with Crippen molar-refractivity contribution in [3.05, 3.63) is 35.9 Å².